The molecule has 3 N–H and O–H groups in total. The predicted octanol–water partition coefficient (Wildman–Crippen LogP) is 2.09. The number of anilines is 1. The number of Topliss-reactive ketones (excluding diaryl/α,β-unsaturated/α-hetero) is 1. The van der Waals surface area contributed by atoms with Gasteiger partial charge in [0.1, 0.15) is 23.9 Å². The van der Waals surface area contributed by atoms with Crippen LogP contribution in [0.5, 0.6) is 5.75 Å². The van der Waals surface area contributed by atoms with Gasteiger partial charge in [0.2, 0.25) is 0 Å². The lowest BCUT2D eigenvalue weighted by molar-refractivity contribution is -0.118. The molecular weight excluding hydrogens is 384 g/mol. The summed E-state index contributed by atoms with van der Waals surface area (Å²) in [5.41, 5.74) is 7.19. The normalized spacial score (nSPS) is 15.9. The van der Waals surface area contributed by atoms with Crippen molar-refractivity contribution in [2.24, 2.45) is 12.8 Å². The predicted molar refractivity (Wildman–Crippen MR) is 110 cm³/mol. The molecule has 4 rings (SSSR count). The number of nitrogens with zero attached hydrogens (tertiary/aromatic N) is 4. The van der Waals surface area contributed by atoms with Crippen molar-refractivity contribution in [3.05, 3.63) is 54.0 Å². The number of aromatic nitrogens is 4. The molecule has 1 fully saturated rings. The highest BCUT2D eigenvalue weighted by molar-refractivity contribution is 5.92. The lowest BCUT2D eigenvalue weighted by atomic mass is 10.2. The summed E-state index contributed by atoms with van der Waals surface area (Å²) in [4.78, 5) is 32.4. The first kappa shape index (κ1) is 19.6. The standard InChI is InChI=1S/C21H22N6O3/c1-27-11-13(10-23-27)12-30-15-7-5-14(6-8-15)21-25-17(20(22)29)9-19(26-21)24-16-3-2-4-18(16)28/h5-11,16H,2-4,12H2,1H3,(H2,22,29)(H,24,25,26)/t16-/m0/s1. The van der Waals surface area contributed by atoms with Crippen LogP contribution in [0.25, 0.3) is 11.4 Å². The fraction of sp³-hybridized carbons (Fsp3) is 0.286. The van der Waals surface area contributed by atoms with Crippen LogP contribution >= 0.6 is 0 Å². The van der Waals surface area contributed by atoms with Gasteiger partial charge in [-0.1, -0.05) is 0 Å². The molecule has 2 aromatic heterocycles. The summed E-state index contributed by atoms with van der Waals surface area (Å²) in [6.45, 7) is 0.407. The highest BCUT2D eigenvalue weighted by Crippen LogP contribution is 2.24. The zero-order chi connectivity index (χ0) is 21.1. The Kier molecular flexibility index (Phi) is 5.42. The van der Waals surface area contributed by atoms with Gasteiger partial charge >= 0.3 is 0 Å². The maximum absolute atomic E-state index is 11.9. The van der Waals surface area contributed by atoms with E-state index in [4.69, 9.17) is 10.5 Å². The molecule has 1 aromatic carbocycles. The fourth-order valence-corrected chi connectivity index (χ4v) is 3.34. The average Bonchev–Trinajstić information content (AvgIpc) is 3.34. The molecule has 1 aliphatic carbocycles. The summed E-state index contributed by atoms with van der Waals surface area (Å²) in [5, 5.41) is 7.22. The van der Waals surface area contributed by atoms with Crippen molar-refractivity contribution >= 4 is 17.5 Å². The van der Waals surface area contributed by atoms with Gasteiger partial charge in [0.25, 0.3) is 5.91 Å². The van der Waals surface area contributed by atoms with E-state index in [-0.39, 0.29) is 17.5 Å². The highest BCUT2D eigenvalue weighted by Gasteiger charge is 2.25. The molecular formula is C21H22N6O3. The number of ketones is 1. The van der Waals surface area contributed by atoms with E-state index in [1.54, 1.807) is 23.0 Å². The topological polar surface area (TPSA) is 125 Å². The molecule has 0 radical (unpaired) electrons. The second-order valence-electron chi connectivity index (χ2n) is 7.22. The van der Waals surface area contributed by atoms with Gasteiger partial charge in [0.05, 0.1) is 12.2 Å². The number of benzene rings is 1. The van der Waals surface area contributed by atoms with Gasteiger partial charge < -0.3 is 15.8 Å². The van der Waals surface area contributed by atoms with Crippen LogP contribution in [0.4, 0.5) is 5.82 Å². The van der Waals surface area contributed by atoms with Gasteiger partial charge in [0.15, 0.2) is 11.6 Å². The molecule has 0 aliphatic heterocycles. The van der Waals surface area contributed by atoms with Crippen molar-refractivity contribution in [3.8, 4) is 17.1 Å². The van der Waals surface area contributed by atoms with Crippen molar-refractivity contribution in [3.63, 3.8) is 0 Å². The van der Waals surface area contributed by atoms with Crippen LogP contribution in [0.1, 0.15) is 35.3 Å². The molecule has 154 valence electrons. The highest BCUT2D eigenvalue weighted by atomic mass is 16.5. The average molecular weight is 406 g/mol. The SMILES string of the molecule is Cn1cc(COc2ccc(-c3nc(N[C@H]4CCCC4=O)cc(C(N)=O)n3)cc2)cn1. The summed E-state index contributed by atoms with van der Waals surface area (Å²) < 4.78 is 7.48. The molecule has 1 atom stereocenters. The van der Waals surface area contributed by atoms with E-state index in [1.807, 2.05) is 25.4 Å². The first-order valence-corrected chi connectivity index (χ1v) is 9.67. The van der Waals surface area contributed by atoms with Crippen LogP contribution in [0, 0.1) is 0 Å². The molecule has 0 spiro atoms. The fourth-order valence-electron chi connectivity index (χ4n) is 3.34. The Morgan fingerprint density at radius 2 is 2.10 bits per heavy atom. The molecule has 1 saturated carbocycles. The van der Waals surface area contributed by atoms with Gasteiger partial charge in [-0.2, -0.15) is 5.10 Å². The Balaban J connectivity index is 1.53. The van der Waals surface area contributed by atoms with Crippen LogP contribution in [-0.4, -0.2) is 37.5 Å². The molecule has 9 heteroatoms. The molecule has 0 bridgehead atoms. The smallest absolute Gasteiger partial charge is 0.267 e. The van der Waals surface area contributed by atoms with Crippen LogP contribution in [0.3, 0.4) is 0 Å². The number of amides is 1. The molecule has 9 nitrogen and oxygen atoms in total. The van der Waals surface area contributed by atoms with E-state index in [2.05, 4.69) is 20.4 Å². The van der Waals surface area contributed by atoms with Crippen molar-refractivity contribution in [2.75, 3.05) is 5.32 Å². The minimum absolute atomic E-state index is 0.0878. The van der Waals surface area contributed by atoms with E-state index >= 15 is 0 Å². The number of carbonyl (C=O) groups is 2. The molecule has 30 heavy (non-hydrogen) atoms. The number of primary amides is 1. The van der Waals surface area contributed by atoms with E-state index in [0.29, 0.717) is 36.0 Å². The summed E-state index contributed by atoms with van der Waals surface area (Å²) >= 11 is 0. The molecule has 1 aliphatic rings. The Bertz CT molecular complexity index is 1080. The second kappa shape index (κ2) is 8.32. The number of hydrogen-bond acceptors (Lipinski definition) is 7. The van der Waals surface area contributed by atoms with E-state index < -0.39 is 5.91 Å². The lowest BCUT2D eigenvalue weighted by Gasteiger charge is -2.13. The van der Waals surface area contributed by atoms with E-state index in [0.717, 1.165) is 18.4 Å². The van der Waals surface area contributed by atoms with Gasteiger partial charge in [-0.15, -0.1) is 0 Å². The van der Waals surface area contributed by atoms with Crippen molar-refractivity contribution in [1.82, 2.24) is 19.7 Å². The van der Waals surface area contributed by atoms with Gasteiger partial charge in [-0.05, 0) is 37.1 Å². The summed E-state index contributed by atoms with van der Waals surface area (Å²) in [6, 6.07) is 8.41. The zero-order valence-corrected chi connectivity index (χ0v) is 16.5. The quantitative estimate of drug-likeness (QED) is 0.615. The minimum atomic E-state index is -0.657. The number of nitrogens with two attached hydrogens (primary N) is 1. The molecule has 1 amide bonds. The zero-order valence-electron chi connectivity index (χ0n) is 16.5. The largest absolute Gasteiger partial charge is 0.489 e. The first-order valence-electron chi connectivity index (χ1n) is 9.67. The van der Waals surface area contributed by atoms with Crippen molar-refractivity contribution in [1.29, 1.82) is 0 Å². The van der Waals surface area contributed by atoms with Gasteiger partial charge in [0, 0.05) is 36.9 Å². The second-order valence-corrected chi connectivity index (χ2v) is 7.22. The number of hydrogen-bond donors (Lipinski definition) is 2. The Hall–Kier alpha value is -3.75. The maximum atomic E-state index is 11.9. The Labute approximate surface area is 173 Å². The summed E-state index contributed by atoms with van der Waals surface area (Å²) in [5.74, 6) is 0.925. The summed E-state index contributed by atoms with van der Waals surface area (Å²) in [7, 11) is 1.85. The van der Waals surface area contributed by atoms with Crippen LogP contribution in [0.2, 0.25) is 0 Å². The van der Waals surface area contributed by atoms with Crippen molar-refractivity contribution in [2.45, 2.75) is 31.9 Å². The third-order valence-electron chi connectivity index (χ3n) is 4.88. The summed E-state index contributed by atoms with van der Waals surface area (Å²) in [6.07, 6.45) is 5.78. The number of nitrogens with one attached hydrogen (secondary N) is 1. The molecule has 0 saturated heterocycles. The minimum Gasteiger partial charge on any atom is -0.489 e. The third kappa shape index (κ3) is 4.45. The number of aryl methyl sites for hydroxylation is 1. The van der Waals surface area contributed by atoms with Crippen molar-refractivity contribution < 1.29 is 14.3 Å². The first-order chi connectivity index (χ1) is 14.5. The lowest BCUT2D eigenvalue weighted by Crippen LogP contribution is -2.25. The van der Waals surface area contributed by atoms with Crippen LogP contribution < -0.4 is 15.8 Å². The monoisotopic (exact) mass is 406 g/mol. The Morgan fingerprint density at radius 3 is 2.73 bits per heavy atom. The van der Waals surface area contributed by atoms with Gasteiger partial charge in [-0.3, -0.25) is 14.3 Å². The number of ether oxygens (including phenoxy) is 1. The molecule has 2 heterocycles. The van der Waals surface area contributed by atoms with E-state index in [1.165, 1.54) is 6.07 Å². The third-order valence-corrected chi connectivity index (χ3v) is 4.88. The Morgan fingerprint density at radius 1 is 1.30 bits per heavy atom. The number of carbonyl (C=O) groups excluding carboxylic acids is 2. The maximum Gasteiger partial charge on any atom is 0.267 e. The van der Waals surface area contributed by atoms with Crippen LogP contribution in [-0.2, 0) is 18.4 Å². The number of rotatable bonds is 7. The molecule has 3 aromatic rings. The van der Waals surface area contributed by atoms with E-state index in [9.17, 15) is 9.59 Å². The molecule has 0 unspecified atom stereocenters. The van der Waals surface area contributed by atoms with Crippen LogP contribution in [0.15, 0.2) is 42.7 Å². The van der Waals surface area contributed by atoms with Gasteiger partial charge in [-0.25, -0.2) is 9.97 Å².